The fourth-order valence-corrected chi connectivity index (χ4v) is 2.46. The van der Waals surface area contributed by atoms with E-state index in [1.165, 1.54) is 0 Å². The van der Waals surface area contributed by atoms with E-state index >= 15 is 0 Å². The zero-order valence-electron chi connectivity index (χ0n) is 15.0. The van der Waals surface area contributed by atoms with Crippen LogP contribution in [-0.2, 0) is 11.3 Å². The Kier molecular flexibility index (Phi) is 5.02. The van der Waals surface area contributed by atoms with Gasteiger partial charge in [0.25, 0.3) is 0 Å². The molecule has 3 aromatic rings. The number of alkyl carbamates (subject to hydrolysis) is 1. The van der Waals surface area contributed by atoms with E-state index in [4.69, 9.17) is 9.15 Å². The summed E-state index contributed by atoms with van der Waals surface area (Å²) in [6.45, 7) is 5.71. The highest BCUT2D eigenvalue weighted by molar-refractivity contribution is 5.80. The molecule has 3 heterocycles. The maximum atomic E-state index is 11.8. The van der Waals surface area contributed by atoms with Crippen LogP contribution in [0.3, 0.4) is 0 Å². The summed E-state index contributed by atoms with van der Waals surface area (Å²) in [5.41, 5.74) is 2.29. The average Bonchev–Trinajstić information content (AvgIpc) is 3.08. The van der Waals surface area contributed by atoms with Gasteiger partial charge in [-0.15, -0.1) is 0 Å². The number of nitrogens with one attached hydrogen (secondary N) is 1. The Hall–Kier alpha value is -3.15. The van der Waals surface area contributed by atoms with E-state index in [2.05, 4.69) is 15.3 Å². The molecule has 0 unspecified atom stereocenters. The maximum absolute atomic E-state index is 11.8. The number of hydrogen-bond acceptors (Lipinski definition) is 5. The summed E-state index contributed by atoms with van der Waals surface area (Å²) in [7, 11) is 0. The molecule has 6 heteroatoms. The first-order chi connectivity index (χ1) is 12.4. The largest absolute Gasteiger partial charge is 0.459 e. The van der Waals surface area contributed by atoms with Gasteiger partial charge in [0.05, 0.1) is 6.54 Å². The summed E-state index contributed by atoms with van der Waals surface area (Å²) in [5.74, 6) is 1.31. The molecular formula is C20H21N3O3. The zero-order valence-corrected chi connectivity index (χ0v) is 15.0. The molecule has 0 radical (unpaired) electrons. The van der Waals surface area contributed by atoms with Gasteiger partial charge < -0.3 is 14.5 Å². The first-order valence-corrected chi connectivity index (χ1v) is 8.33. The van der Waals surface area contributed by atoms with Crippen LogP contribution in [-0.4, -0.2) is 21.7 Å². The van der Waals surface area contributed by atoms with Gasteiger partial charge in [-0.2, -0.15) is 0 Å². The Labute approximate surface area is 152 Å². The van der Waals surface area contributed by atoms with Crippen molar-refractivity contribution in [1.29, 1.82) is 0 Å². The number of furan rings is 1. The van der Waals surface area contributed by atoms with Crippen LogP contribution < -0.4 is 5.32 Å². The Morgan fingerprint density at radius 3 is 2.62 bits per heavy atom. The lowest BCUT2D eigenvalue weighted by molar-refractivity contribution is 0.0520. The van der Waals surface area contributed by atoms with Crippen LogP contribution in [0.15, 0.2) is 59.5 Å². The monoisotopic (exact) mass is 351 g/mol. The average molecular weight is 351 g/mol. The van der Waals surface area contributed by atoms with Crippen molar-refractivity contribution in [2.45, 2.75) is 32.9 Å². The van der Waals surface area contributed by atoms with Crippen molar-refractivity contribution in [3.63, 3.8) is 0 Å². The highest BCUT2D eigenvalue weighted by atomic mass is 16.6. The number of carbonyl (C=O) groups is 1. The third-order valence-corrected chi connectivity index (χ3v) is 3.53. The molecule has 1 N–H and O–H groups in total. The van der Waals surface area contributed by atoms with Crippen LogP contribution in [0.2, 0.25) is 0 Å². The SMILES string of the molecule is CC(C)(C)OC(=O)NCc1ccc(-c2cnccc2-c2cccnc2)o1. The molecule has 0 fully saturated rings. The van der Waals surface area contributed by atoms with Gasteiger partial charge in [-0.1, -0.05) is 6.07 Å². The second kappa shape index (κ2) is 7.39. The molecule has 0 saturated heterocycles. The number of amides is 1. The molecule has 0 aromatic carbocycles. The summed E-state index contributed by atoms with van der Waals surface area (Å²) in [4.78, 5) is 20.1. The molecule has 0 aliphatic carbocycles. The molecule has 26 heavy (non-hydrogen) atoms. The first-order valence-electron chi connectivity index (χ1n) is 8.33. The Bertz CT molecular complexity index is 883. The molecule has 0 aliphatic heterocycles. The number of carbonyl (C=O) groups excluding carboxylic acids is 1. The smallest absolute Gasteiger partial charge is 0.408 e. The quantitative estimate of drug-likeness (QED) is 0.752. The van der Waals surface area contributed by atoms with Crippen molar-refractivity contribution in [1.82, 2.24) is 15.3 Å². The Balaban J connectivity index is 1.76. The normalized spacial score (nSPS) is 11.2. The van der Waals surface area contributed by atoms with E-state index in [1.807, 2.05) is 51.1 Å². The van der Waals surface area contributed by atoms with Crippen molar-refractivity contribution >= 4 is 6.09 Å². The predicted octanol–water partition coefficient (Wildman–Crippen LogP) is 4.43. The van der Waals surface area contributed by atoms with E-state index in [-0.39, 0.29) is 6.54 Å². The van der Waals surface area contributed by atoms with Gasteiger partial charge in [0.2, 0.25) is 0 Å². The molecule has 0 spiro atoms. The third kappa shape index (κ3) is 4.47. The van der Waals surface area contributed by atoms with Crippen molar-refractivity contribution in [3.8, 4) is 22.5 Å². The van der Waals surface area contributed by atoms with Crippen LogP contribution in [0, 0.1) is 0 Å². The van der Waals surface area contributed by atoms with Crippen molar-refractivity contribution in [2.24, 2.45) is 0 Å². The van der Waals surface area contributed by atoms with E-state index in [0.29, 0.717) is 11.5 Å². The molecule has 3 rings (SSSR count). The Morgan fingerprint density at radius 2 is 1.88 bits per heavy atom. The number of nitrogens with zero attached hydrogens (tertiary/aromatic N) is 2. The van der Waals surface area contributed by atoms with Gasteiger partial charge in [0.15, 0.2) is 0 Å². The summed E-state index contributed by atoms with van der Waals surface area (Å²) >= 11 is 0. The van der Waals surface area contributed by atoms with Crippen LogP contribution >= 0.6 is 0 Å². The predicted molar refractivity (Wildman–Crippen MR) is 98.2 cm³/mol. The minimum atomic E-state index is -0.535. The maximum Gasteiger partial charge on any atom is 0.408 e. The van der Waals surface area contributed by atoms with Crippen LogP contribution in [0.4, 0.5) is 4.79 Å². The molecule has 0 saturated carbocycles. The van der Waals surface area contributed by atoms with Crippen molar-refractivity contribution < 1.29 is 13.9 Å². The van der Waals surface area contributed by atoms with E-state index in [9.17, 15) is 4.79 Å². The fourth-order valence-electron chi connectivity index (χ4n) is 2.46. The molecule has 0 atom stereocenters. The number of pyridine rings is 2. The Morgan fingerprint density at radius 1 is 1.08 bits per heavy atom. The zero-order chi connectivity index (χ0) is 18.6. The molecule has 0 bridgehead atoms. The van der Waals surface area contributed by atoms with Gasteiger partial charge >= 0.3 is 6.09 Å². The highest BCUT2D eigenvalue weighted by Gasteiger charge is 2.17. The third-order valence-electron chi connectivity index (χ3n) is 3.53. The molecule has 134 valence electrons. The molecule has 6 nitrogen and oxygen atoms in total. The molecular weight excluding hydrogens is 330 g/mol. The fraction of sp³-hybridized carbons (Fsp3) is 0.250. The number of rotatable bonds is 4. The second-order valence-corrected chi connectivity index (χ2v) is 6.78. The van der Waals surface area contributed by atoms with E-state index < -0.39 is 11.7 Å². The number of ether oxygens (including phenoxy) is 1. The van der Waals surface area contributed by atoms with Gasteiger partial charge in [-0.25, -0.2) is 4.79 Å². The summed E-state index contributed by atoms with van der Waals surface area (Å²) < 4.78 is 11.1. The lowest BCUT2D eigenvalue weighted by Crippen LogP contribution is -2.32. The lowest BCUT2D eigenvalue weighted by Gasteiger charge is -2.19. The second-order valence-electron chi connectivity index (χ2n) is 6.78. The summed E-state index contributed by atoms with van der Waals surface area (Å²) in [6, 6.07) is 9.49. The lowest BCUT2D eigenvalue weighted by atomic mass is 10.0. The highest BCUT2D eigenvalue weighted by Crippen LogP contribution is 2.31. The summed E-state index contributed by atoms with van der Waals surface area (Å²) in [6.07, 6.45) is 6.55. The van der Waals surface area contributed by atoms with E-state index in [1.54, 1.807) is 24.8 Å². The van der Waals surface area contributed by atoms with Crippen LogP contribution in [0.5, 0.6) is 0 Å². The van der Waals surface area contributed by atoms with E-state index in [0.717, 1.165) is 16.7 Å². The number of aromatic nitrogens is 2. The topological polar surface area (TPSA) is 77.2 Å². The van der Waals surface area contributed by atoms with Gasteiger partial charge in [0, 0.05) is 35.9 Å². The van der Waals surface area contributed by atoms with Crippen molar-refractivity contribution in [2.75, 3.05) is 0 Å². The minimum absolute atomic E-state index is 0.247. The molecule has 1 amide bonds. The van der Waals surface area contributed by atoms with Gasteiger partial charge in [-0.3, -0.25) is 9.97 Å². The van der Waals surface area contributed by atoms with Crippen molar-refractivity contribution in [3.05, 3.63) is 60.9 Å². The molecule has 0 aliphatic rings. The van der Waals surface area contributed by atoms with Crippen LogP contribution in [0.25, 0.3) is 22.5 Å². The first kappa shape index (κ1) is 17.7. The van der Waals surface area contributed by atoms with Gasteiger partial charge in [-0.05, 0) is 50.6 Å². The minimum Gasteiger partial charge on any atom is -0.459 e. The number of hydrogen-bond donors (Lipinski definition) is 1. The van der Waals surface area contributed by atoms with Gasteiger partial charge in [0.1, 0.15) is 17.1 Å². The molecule has 3 aromatic heterocycles. The standard InChI is InChI=1S/C20H21N3O3/c1-20(2,3)26-19(24)23-12-15-6-7-18(25-15)17-13-22-10-8-16(17)14-5-4-9-21-11-14/h4-11,13H,12H2,1-3H3,(H,23,24). The summed E-state index contributed by atoms with van der Waals surface area (Å²) in [5, 5.41) is 2.69. The van der Waals surface area contributed by atoms with Crippen LogP contribution in [0.1, 0.15) is 26.5 Å².